The van der Waals surface area contributed by atoms with Crippen LogP contribution in [0.4, 0.5) is 5.69 Å². The van der Waals surface area contributed by atoms with Crippen LogP contribution >= 0.6 is 15.9 Å². The van der Waals surface area contributed by atoms with E-state index < -0.39 is 0 Å². The SMILES string of the molecule is NC1=[NH+]C(=Nc2ccc(Br)cc2)c2ccccc21. The monoisotopic (exact) mass is 300 g/mol. The second kappa shape index (κ2) is 4.38. The quantitative estimate of drug-likeness (QED) is 0.820. The van der Waals surface area contributed by atoms with E-state index >= 15 is 0 Å². The molecule has 0 atom stereocenters. The number of hydrogen-bond donors (Lipinski definition) is 2. The minimum absolute atomic E-state index is 0.654. The number of fused-ring (bicyclic) bond motifs is 1. The van der Waals surface area contributed by atoms with E-state index in [1.54, 1.807) is 0 Å². The van der Waals surface area contributed by atoms with Crippen molar-refractivity contribution < 1.29 is 4.99 Å². The summed E-state index contributed by atoms with van der Waals surface area (Å²) in [7, 11) is 0. The molecule has 18 heavy (non-hydrogen) atoms. The number of nitrogens with one attached hydrogen (secondary N) is 1. The van der Waals surface area contributed by atoms with Crippen molar-refractivity contribution in [1.82, 2.24) is 0 Å². The molecule has 0 spiro atoms. The number of nitrogen functional groups attached to an aromatic ring is 1. The first kappa shape index (κ1) is 11.2. The first-order valence-corrected chi connectivity index (χ1v) is 6.37. The average Bonchev–Trinajstić information content (AvgIpc) is 2.70. The van der Waals surface area contributed by atoms with E-state index in [9.17, 15) is 0 Å². The molecule has 0 radical (unpaired) electrons. The average molecular weight is 301 g/mol. The lowest BCUT2D eigenvalue weighted by Gasteiger charge is -1.94. The van der Waals surface area contributed by atoms with E-state index in [0.717, 1.165) is 27.1 Å². The zero-order valence-electron chi connectivity index (χ0n) is 9.52. The fraction of sp³-hybridized carbons (Fsp3) is 0. The first-order chi connectivity index (χ1) is 8.74. The molecule has 3 rings (SSSR count). The molecule has 0 amide bonds. The van der Waals surface area contributed by atoms with Crippen LogP contribution in [0.5, 0.6) is 0 Å². The summed E-state index contributed by atoms with van der Waals surface area (Å²) in [5.41, 5.74) is 8.87. The summed E-state index contributed by atoms with van der Waals surface area (Å²) in [6.45, 7) is 0. The Morgan fingerprint density at radius 1 is 0.944 bits per heavy atom. The molecule has 88 valence electrons. The highest BCUT2D eigenvalue weighted by Gasteiger charge is 2.23. The Labute approximate surface area is 113 Å². The number of halogens is 1. The van der Waals surface area contributed by atoms with E-state index in [2.05, 4.69) is 25.9 Å². The minimum Gasteiger partial charge on any atom is -0.318 e. The molecule has 1 aliphatic rings. The maximum absolute atomic E-state index is 5.93. The van der Waals surface area contributed by atoms with E-state index in [1.807, 2.05) is 48.5 Å². The summed E-state index contributed by atoms with van der Waals surface area (Å²) in [6, 6.07) is 15.8. The number of aliphatic imine (C=N–C) groups is 1. The molecule has 0 aliphatic carbocycles. The van der Waals surface area contributed by atoms with E-state index in [4.69, 9.17) is 5.73 Å². The first-order valence-electron chi connectivity index (χ1n) is 5.57. The Morgan fingerprint density at radius 3 is 2.33 bits per heavy atom. The van der Waals surface area contributed by atoms with Crippen LogP contribution in [0.3, 0.4) is 0 Å². The number of benzene rings is 2. The standard InChI is InChI=1S/C14H10BrN3/c15-9-5-7-10(8-6-9)17-14-12-4-2-1-3-11(12)13(16)18-14/h1-8H,(H2,16,17,18)/p+1. The smallest absolute Gasteiger partial charge is 0.269 e. The van der Waals surface area contributed by atoms with Crippen LogP contribution in [0.15, 0.2) is 58.0 Å². The van der Waals surface area contributed by atoms with E-state index in [0.29, 0.717) is 5.84 Å². The normalized spacial score (nSPS) is 15.6. The van der Waals surface area contributed by atoms with Gasteiger partial charge in [0.1, 0.15) is 5.69 Å². The molecule has 4 heteroatoms. The molecule has 0 saturated heterocycles. The van der Waals surface area contributed by atoms with Gasteiger partial charge in [0.15, 0.2) is 0 Å². The summed E-state index contributed by atoms with van der Waals surface area (Å²) >= 11 is 3.41. The van der Waals surface area contributed by atoms with Gasteiger partial charge in [-0.2, -0.15) is 0 Å². The topological polar surface area (TPSA) is 52.4 Å². The highest BCUT2D eigenvalue weighted by molar-refractivity contribution is 9.10. The van der Waals surface area contributed by atoms with Gasteiger partial charge in [-0.05, 0) is 36.4 Å². The molecular weight excluding hydrogens is 290 g/mol. The molecule has 1 aliphatic heterocycles. The summed E-state index contributed by atoms with van der Waals surface area (Å²) in [6.07, 6.45) is 0. The Kier molecular flexibility index (Phi) is 2.72. The molecule has 0 unspecified atom stereocenters. The highest BCUT2D eigenvalue weighted by atomic mass is 79.9. The number of amidine groups is 2. The molecule has 2 aromatic rings. The van der Waals surface area contributed by atoms with Gasteiger partial charge in [-0.25, -0.2) is 4.99 Å². The third-order valence-electron chi connectivity index (χ3n) is 2.79. The van der Waals surface area contributed by atoms with Crippen LogP contribution in [0, 0.1) is 0 Å². The molecule has 3 nitrogen and oxygen atoms in total. The van der Waals surface area contributed by atoms with Crippen LogP contribution in [-0.4, -0.2) is 11.7 Å². The van der Waals surface area contributed by atoms with Gasteiger partial charge < -0.3 is 5.73 Å². The van der Waals surface area contributed by atoms with Crippen LogP contribution in [0.1, 0.15) is 11.1 Å². The predicted molar refractivity (Wildman–Crippen MR) is 76.0 cm³/mol. The maximum atomic E-state index is 5.93. The molecule has 0 fully saturated rings. The second-order valence-corrected chi connectivity index (χ2v) is 4.94. The van der Waals surface area contributed by atoms with Crippen LogP contribution < -0.4 is 10.7 Å². The van der Waals surface area contributed by atoms with Crippen LogP contribution in [0.25, 0.3) is 0 Å². The van der Waals surface area contributed by atoms with Gasteiger partial charge in [0.25, 0.3) is 5.84 Å². The van der Waals surface area contributed by atoms with Crippen LogP contribution in [0.2, 0.25) is 0 Å². The molecular formula is C14H11BrN3+. The van der Waals surface area contributed by atoms with Gasteiger partial charge >= 0.3 is 0 Å². The van der Waals surface area contributed by atoms with Crippen molar-refractivity contribution in [2.24, 2.45) is 10.7 Å². The van der Waals surface area contributed by atoms with Crippen molar-refractivity contribution in [1.29, 1.82) is 0 Å². The molecule has 3 N–H and O–H groups in total. The lowest BCUT2D eigenvalue weighted by molar-refractivity contribution is -0.311. The Morgan fingerprint density at radius 2 is 1.61 bits per heavy atom. The third kappa shape index (κ3) is 1.95. The molecule has 0 aromatic heterocycles. The third-order valence-corrected chi connectivity index (χ3v) is 3.32. The fourth-order valence-electron chi connectivity index (χ4n) is 1.92. The van der Waals surface area contributed by atoms with Crippen molar-refractivity contribution in [3.63, 3.8) is 0 Å². The number of nitrogens with zero attached hydrogens (tertiary/aromatic N) is 1. The number of hydrogen-bond acceptors (Lipinski definition) is 2. The fourth-order valence-corrected chi connectivity index (χ4v) is 2.18. The van der Waals surface area contributed by atoms with Crippen molar-refractivity contribution >= 4 is 33.3 Å². The number of rotatable bonds is 1. The Hall–Kier alpha value is -1.94. The molecule has 0 bridgehead atoms. The summed E-state index contributed by atoms with van der Waals surface area (Å²) in [5, 5.41) is 0. The Balaban J connectivity index is 2.07. The largest absolute Gasteiger partial charge is 0.318 e. The second-order valence-electron chi connectivity index (χ2n) is 4.02. The van der Waals surface area contributed by atoms with Gasteiger partial charge in [0, 0.05) is 4.47 Å². The Bertz CT molecular complexity index is 657. The van der Waals surface area contributed by atoms with Crippen molar-refractivity contribution in [2.45, 2.75) is 0 Å². The number of nitrogens with two attached hydrogens (primary N) is 1. The van der Waals surface area contributed by atoms with Gasteiger partial charge in [-0.15, -0.1) is 4.99 Å². The predicted octanol–water partition coefficient (Wildman–Crippen LogP) is 1.33. The van der Waals surface area contributed by atoms with Gasteiger partial charge in [0.05, 0.1) is 11.1 Å². The molecule has 2 aromatic carbocycles. The summed E-state index contributed by atoms with van der Waals surface area (Å²) < 4.78 is 1.04. The minimum atomic E-state index is 0.654. The molecule has 1 heterocycles. The van der Waals surface area contributed by atoms with E-state index in [-0.39, 0.29) is 0 Å². The zero-order valence-corrected chi connectivity index (χ0v) is 11.1. The zero-order chi connectivity index (χ0) is 12.5. The maximum Gasteiger partial charge on any atom is 0.269 e. The summed E-state index contributed by atoms with van der Waals surface area (Å²) in [4.78, 5) is 7.69. The van der Waals surface area contributed by atoms with Crippen LogP contribution in [-0.2, 0) is 0 Å². The highest BCUT2D eigenvalue weighted by Crippen LogP contribution is 2.18. The van der Waals surface area contributed by atoms with Gasteiger partial charge in [-0.1, -0.05) is 28.1 Å². The lowest BCUT2D eigenvalue weighted by Crippen LogP contribution is -2.76. The van der Waals surface area contributed by atoms with Crippen molar-refractivity contribution in [3.8, 4) is 0 Å². The van der Waals surface area contributed by atoms with Crippen molar-refractivity contribution in [3.05, 3.63) is 64.1 Å². The lowest BCUT2D eigenvalue weighted by atomic mass is 10.1. The van der Waals surface area contributed by atoms with E-state index in [1.165, 1.54) is 0 Å². The molecule has 0 saturated carbocycles. The van der Waals surface area contributed by atoms with Gasteiger partial charge in [0.2, 0.25) is 5.84 Å². The van der Waals surface area contributed by atoms with Crippen molar-refractivity contribution in [2.75, 3.05) is 0 Å². The summed E-state index contributed by atoms with van der Waals surface area (Å²) in [5.74, 6) is 1.45. The van der Waals surface area contributed by atoms with Gasteiger partial charge in [-0.3, -0.25) is 0 Å².